The largest absolute Gasteiger partial charge is 0.478 e. The van der Waals surface area contributed by atoms with Gasteiger partial charge >= 0.3 is 5.97 Å². The van der Waals surface area contributed by atoms with E-state index in [0.29, 0.717) is 13.2 Å². The number of carbonyl (C=O) groups is 2. The Morgan fingerprint density at radius 1 is 0.975 bits per heavy atom. The zero-order valence-electron chi connectivity index (χ0n) is 22.6. The van der Waals surface area contributed by atoms with Crippen LogP contribution in [0.5, 0.6) is 0 Å². The summed E-state index contributed by atoms with van der Waals surface area (Å²) in [6.07, 6.45) is 2.82. The number of piperidine rings is 1. The predicted octanol–water partition coefficient (Wildman–Crippen LogP) is 4.33. The van der Waals surface area contributed by atoms with Crippen molar-refractivity contribution < 1.29 is 19.8 Å². The quantitative estimate of drug-likeness (QED) is 0.391. The van der Waals surface area contributed by atoms with Gasteiger partial charge in [0.15, 0.2) is 0 Å². The highest BCUT2D eigenvalue weighted by atomic mass is 16.4. The number of aliphatic hydroxyl groups is 1. The fourth-order valence-corrected chi connectivity index (χ4v) is 6.72. The molecule has 3 N–H and O–H groups in total. The van der Waals surface area contributed by atoms with Gasteiger partial charge in [0.05, 0.1) is 12.2 Å². The van der Waals surface area contributed by atoms with Crippen molar-refractivity contribution in [3.05, 3.63) is 95.6 Å². The maximum atomic E-state index is 14.1. The molecule has 0 radical (unpaired) electrons. The number of rotatable bonds is 8. The molecule has 2 fully saturated rings. The lowest BCUT2D eigenvalue weighted by Crippen LogP contribution is -2.56. The number of benzene rings is 3. The van der Waals surface area contributed by atoms with Crippen LogP contribution in [0.3, 0.4) is 0 Å². The Hall–Kier alpha value is -3.88. The highest BCUT2D eigenvalue weighted by Gasteiger charge is 2.53. The van der Waals surface area contributed by atoms with Gasteiger partial charge in [-0.3, -0.25) is 4.79 Å². The molecule has 0 aromatic heterocycles. The second-order valence-electron chi connectivity index (χ2n) is 11.2. The number of nitrogens with one attached hydrogen (secondary N) is 1. The Kier molecular flexibility index (Phi) is 7.21. The molecule has 2 saturated heterocycles. The highest BCUT2D eigenvalue weighted by Crippen LogP contribution is 2.41. The number of amides is 1. The summed E-state index contributed by atoms with van der Waals surface area (Å²) in [6.45, 7) is 3.46. The van der Waals surface area contributed by atoms with Crippen molar-refractivity contribution in [1.82, 2.24) is 9.80 Å². The zero-order chi connectivity index (χ0) is 27.7. The summed E-state index contributed by atoms with van der Waals surface area (Å²) >= 11 is 0. The first kappa shape index (κ1) is 26.3. The normalized spacial score (nSPS) is 22.0. The number of carboxylic acid groups (broad SMARTS) is 1. The zero-order valence-corrected chi connectivity index (χ0v) is 22.6. The van der Waals surface area contributed by atoms with E-state index in [1.807, 2.05) is 47.4 Å². The summed E-state index contributed by atoms with van der Waals surface area (Å²) in [5.41, 5.74) is 3.70. The summed E-state index contributed by atoms with van der Waals surface area (Å²) in [4.78, 5) is 32.1. The number of aromatic carboxylic acids is 1. The van der Waals surface area contributed by atoms with Crippen LogP contribution in [-0.4, -0.2) is 70.0 Å². The maximum absolute atomic E-state index is 14.1. The van der Waals surface area contributed by atoms with Crippen LogP contribution in [0.2, 0.25) is 0 Å². The number of hydrogen-bond acceptors (Lipinski definition) is 6. The van der Waals surface area contributed by atoms with Gasteiger partial charge in [-0.15, -0.1) is 0 Å². The summed E-state index contributed by atoms with van der Waals surface area (Å²) in [5.74, 6) is -0.744. The fraction of sp³-hybridized carbons (Fsp3) is 0.375. The summed E-state index contributed by atoms with van der Waals surface area (Å²) < 4.78 is 0. The van der Waals surface area contributed by atoms with Crippen LogP contribution in [0, 0.1) is 0 Å². The molecule has 1 amide bonds. The van der Waals surface area contributed by atoms with Crippen molar-refractivity contribution >= 4 is 23.3 Å². The average Bonchev–Trinajstić information content (AvgIpc) is 3.43. The second kappa shape index (κ2) is 10.9. The third-order valence-electron chi connectivity index (χ3n) is 8.85. The molecule has 40 heavy (non-hydrogen) atoms. The fourth-order valence-electron chi connectivity index (χ4n) is 6.72. The van der Waals surface area contributed by atoms with Crippen molar-refractivity contribution in [2.45, 2.75) is 49.9 Å². The van der Waals surface area contributed by atoms with Gasteiger partial charge in [-0.1, -0.05) is 48.5 Å². The Balaban J connectivity index is 1.13. The van der Waals surface area contributed by atoms with Crippen LogP contribution in [0.25, 0.3) is 0 Å². The molecule has 2 atom stereocenters. The molecule has 3 aliphatic heterocycles. The standard InChI is InChI=1S/C32H36N4O4/c37-29-27(26-12-4-5-14-28(26)33-29)13-7-17-34-18-15-32(16-19-34)31(40)35(22-36(32)25-10-2-1-3-11-25)21-23-8-6-9-24(20-23)30(38)39/h1-6,8-12,14,20,27,29,33,37H,7,13,15-19,21-22H2,(H,38,39). The van der Waals surface area contributed by atoms with Crippen molar-refractivity contribution in [2.75, 3.05) is 36.5 Å². The lowest BCUT2D eigenvalue weighted by Gasteiger charge is -2.43. The van der Waals surface area contributed by atoms with Gasteiger partial charge in [-0.25, -0.2) is 4.79 Å². The Morgan fingerprint density at radius 2 is 1.73 bits per heavy atom. The minimum Gasteiger partial charge on any atom is -0.478 e. The Morgan fingerprint density at radius 3 is 2.50 bits per heavy atom. The molecule has 0 saturated carbocycles. The van der Waals surface area contributed by atoms with Crippen LogP contribution in [0.4, 0.5) is 11.4 Å². The molecule has 1 spiro atoms. The van der Waals surface area contributed by atoms with Gasteiger partial charge in [0.1, 0.15) is 11.8 Å². The molecule has 208 valence electrons. The van der Waals surface area contributed by atoms with Gasteiger partial charge in [0, 0.05) is 36.9 Å². The molecule has 8 nitrogen and oxygen atoms in total. The molecular formula is C32H36N4O4. The lowest BCUT2D eigenvalue weighted by molar-refractivity contribution is -0.134. The smallest absolute Gasteiger partial charge is 0.335 e. The topological polar surface area (TPSA) is 96.3 Å². The van der Waals surface area contributed by atoms with Crippen LogP contribution in [0.1, 0.15) is 53.1 Å². The molecule has 3 aromatic rings. The molecule has 6 rings (SSSR count). The van der Waals surface area contributed by atoms with Crippen molar-refractivity contribution in [3.8, 4) is 0 Å². The van der Waals surface area contributed by atoms with E-state index in [4.69, 9.17) is 0 Å². The van der Waals surface area contributed by atoms with E-state index in [0.717, 1.165) is 62.3 Å². The number of carboxylic acids is 1. The first-order valence-corrected chi connectivity index (χ1v) is 14.1. The van der Waals surface area contributed by atoms with E-state index >= 15 is 0 Å². The van der Waals surface area contributed by atoms with Gasteiger partial charge < -0.3 is 30.2 Å². The molecular weight excluding hydrogens is 504 g/mol. The minimum absolute atomic E-state index is 0.102. The maximum Gasteiger partial charge on any atom is 0.335 e. The Bertz CT molecular complexity index is 1370. The number of fused-ring (bicyclic) bond motifs is 1. The number of likely N-dealkylation sites (tertiary alicyclic amines) is 1. The molecule has 3 heterocycles. The number of carbonyl (C=O) groups excluding carboxylic acids is 1. The number of anilines is 2. The van der Waals surface area contributed by atoms with Crippen molar-refractivity contribution in [2.24, 2.45) is 0 Å². The third-order valence-corrected chi connectivity index (χ3v) is 8.85. The Labute approximate surface area is 234 Å². The highest BCUT2D eigenvalue weighted by molar-refractivity contribution is 5.93. The SMILES string of the molecule is O=C(O)c1cccc(CN2CN(c3ccccc3)C3(CCN(CCCC4c5ccccc5NC4O)CC3)C2=O)c1. The monoisotopic (exact) mass is 540 g/mol. The van der Waals surface area contributed by atoms with E-state index in [1.54, 1.807) is 18.2 Å². The molecule has 0 aliphatic carbocycles. The van der Waals surface area contributed by atoms with E-state index in [-0.39, 0.29) is 17.4 Å². The van der Waals surface area contributed by atoms with E-state index in [9.17, 15) is 19.8 Å². The molecule has 8 heteroatoms. The number of aliphatic hydroxyl groups excluding tert-OH is 1. The molecule has 2 unspecified atom stereocenters. The number of nitrogens with zero attached hydrogens (tertiary/aromatic N) is 3. The second-order valence-corrected chi connectivity index (χ2v) is 11.2. The van der Waals surface area contributed by atoms with Crippen molar-refractivity contribution in [1.29, 1.82) is 0 Å². The van der Waals surface area contributed by atoms with Gasteiger partial charge in [-0.05, 0) is 73.7 Å². The van der Waals surface area contributed by atoms with Crippen LogP contribution >= 0.6 is 0 Å². The first-order valence-electron chi connectivity index (χ1n) is 14.1. The third kappa shape index (κ3) is 4.93. The molecule has 3 aliphatic rings. The number of hydrogen-bond donors (Lipinski definition) is 3. The van der Waals surface area contributed by atoms with Gasteiger partial charge in [-0.2, -0.15) is 0 Å². The minimum atomic E-state index is -0.965. The summed E-state index contributed by atoms with van der Waals surface area (Å²) in [6, 6.07) is 25.1. The predicted molar refractivity (Wildman–Crippen MR) is 154 cm³/mol. The number of para-hydroxylation sites is 2. The molecule has 3 aromatic carbocycles. The summed E-state index contributed by atoms with van der Waals surface area (Å²) in [5, 5.41) is 23.1. The van der Waals surface area contributed by atoms with Crippen LogP contribution < -0.4 is 10.2 Å². The van der Waals surface area contributed by atoms with E-state index in [2.05, 4.69) is 33.3 Å². The van der Waals surface area contributed by atoms with E-state index < -0.39 is 17.7 Å². The van der Waals surface area contributed by atoms with E-state index in [1.165, 1.54) is 5.56 Å². The van der Waals surface area contributed by atoms with Gasteiger partial charge in [0.2, 0.25) is 5.91 Å². The first-order chi connectivity index (χ1) is 19.4. The molecule has 0 bridgehead atoms. The summed E-state index contributed by atoms with van der Waals surface area (Å²) in [7, 11) is 0. The van der Waals surface area contributed by atoms with Crippen LogP contribution in [-0.2, 0) is 11.3 Å². The van der Waals surface area contributed by atoms with Crippen LogP contribution in [0.15, 0.2) is 78.9 Å². The average molecular weight is 541 g/mol. The lowest BCUT2D eigenvalue weighted by atomic mass is 9.85. The van der Waals surface area contributed by atoms with Crippen molar-refractivity contribution in [3.63, 3.8) is 0 Å². The van der Waals surface area contributed by atoms with Gasteiger partial charge in [0.25, 0.3) is 0 Å².